The topological polar surface area (TPSA) is 156 Å². The Kier molecular flexibility index (Phi) is 9.04. The standard InChI is InChI=1S/C24H31FN3O10P/c1-4-19(30)37-20-17(36-22(24(20,3)25)28-11-10-18(29)26-23(28)31)14-35-39(32,38-16-8-6-5-7-9-16)27-15(2)21-33-12-13-34-21/h5-11,15,17,20-22H,4,12-14H2,1-3H3,(H,27,32)(H,26,29,31)/t15?,17-,20-,22?,24-,39?/m1/s1. The van der Waals surface area contributed by atoms with E-state index in [2.05, 4.69) is 5.09 Å². The molecule has 2 saturated heterocycles. The van der Waals surface area contributed by atoms with Crippen molar-refractivity contribution in [3.8, 4) is 5.75 Å². The van der Waals surface area contributed by atoms with Gasteiger partial charge in [0.2, 0.25) is 0 Å². The molecule has 2 aliphatic heterocycles. The number of para-hydroxylation sites is 1. The minimum absolute atomic E-state index is 0.0561. The maximum Gasteiger partial charge on any atom is 0.459 e. The molecular weight excluding hydrogens is 540 g/mol. The molecule has 214 valence electrons. The molecule has 2 fully saturated rings. The van der Waals surface area contributed by atoms with Crippen molar-refractivity contribution < 1.29 is 41.7 Å². The summed E-state index contributed by atoms with van der Waals surface area (Å²) >= 11 is 0. The molecule has 3 heterocycles. The number of carbonyl (C=O) groups excluding carboxylic acids is 1. The molecule has 1 aromatic carbocycles. The van der Waals surface area contributed by atoms with Crippen LogP contribution in [-0.4, -0.2) is 65.5 Å². The number of aromatic amines is 1. The number of rotatable bonds is 11. The second kappa shape index (κ2) is 12.1. The third-order valence-electron chi connectivity index (χ3n) is 6.13. The summed E-state index contributed by atoms with van der Waals surface area (Å²) in [5.41, 5.74) is -4.06. The van der Waals surface area contributed by atoms with Crippen molar-refractivity contribution in [1.29, 1.82) is 0 Å². The number of nitrogens with zero attached hydrogens (tertiary/aromatic N) is 1. The van der Waals surface area contributed by atoms with Crippen LogP contribution < -0.4 is 20.9 Å². The number of carbonyl (C=O) groups is 1. The first kappa shape index (κ1) is 29.1. The van der Waals surface area contributed by atoms with E-state index in [-0.39, 0.29) is 12.2 Å². The van der Waals surface area contributed by atoms with Gasteiger partial charge in [0.1, 0.15) is 11.9 Å². The van der Waals surface area contributed by atoms with Crippen molar-refractivity contribution in [2.24, 2.45) is 0 Å². The van der Waals surface area contributed by atoms with Crippen LogP contribution in [0.2, 0.25) is 0 Å². The number of benzene rings is 1. The molecule has 1 aromatic heterocycles. The van der Waals surface area contributed by atoms with Crippen LogP contribution in [0.3, 0.4) is 0 Å². The fourth-order valence-corrected chi connectivity index (χ4v) is 5.77. The van der Waals surface area contributed by atoms with E-state index >= 15 is 4.39 Å². The molecule has 0 saturated carbocycles. The van der Waals surface area contributed by atoms with Gasteiger partial charge >= 0.3 is 19.4 Å². The van der Waals surface area contributed by atoms with Crippen LogP contribution in [0.1, 0.15) is 33.4 Å². The maximum atomic E-state index is 16.2. The molecule has 0 aliphatic carbocycles. The molecule has 0 bridgehead atoms. The fraction of sp³-hybridized carbons (Fsp3) is 0.542. The predicted molar refractivity (Wildman–Crippen MR) is 134 cm³/mol. The molecule has 4 rings (SSSR count). The van der Waals surface area contributed by atoms with E-state index in [0.717, 1.165) is 23.8 Å². The Hall–Kier alpha value is -2.87. The first-order chi connectivity index (χ1) is 18.5. The van der Waals surface area contributed by atoms with Crippen molar-refractivity contribution >= 4 is 13.7 Å². The van der Waals surface area contributed by atoms with Crippen LogP contribution in [0, 0.1) is 0 Å². The highest BCUT2D eigenvalue weighted by Gasteiger charge is 2.58. The number of aromatic nitrogens is 2. The zero-order chi connectivity index (χ0) is 28.2. The van der Waals surface area contributed by atoms with Crippen LogP contribution in [0.4, 0.5) is 4.39 Å². The molecular formula is C24H31FN3O10P. The van der Waals surface area contributed by atoms with Gasteiger partial charge in [-0.05, 0) is 26.0 Å². The number of esters is 1. The smallest absolute Gasteiger partial charge is 0.456 e. The van der Waals surface area contributed by atoms with Gasteiger partial charge < -0.3 is 23.5 Å². The van der Waals surface area contributed by atoms with Crippen LogP contribution in [0.25, 0.3) is 0 Å². The summed E-state index contributed by atoms with van der Waals surface area (Å²) in [4.78, 5) is 38.1. The Morgan fingerprint density at radius 2 is 1.95 bits per heavy atom. The molecule has 0 amide bonds. The fourth-order valence-electron chi connectivity index (χ4n) is 4.22. The third kappa shape index (κ3) is 6.83. The Bertz CT molecular complexity index is 1300. The van der Waals surface area contributed by atoms with Crippen molar-refractivity contribution in [1.82, 2.24) is 14.6 Å². The highest BCUT2D eigenvalue weighted by Crippen LogP contribution is 2.48. The van der Waals surface area contributed by atoms with E-state index < -0.39 is 68.0 Å². The zero-order valence-corrected chi connectivity index (χ0v) is 22.5. The number of H-pyrrole nitrogens is 1. The van der Waals surface area contributed by atoms with Crippen LogP contribution in [0.15, 0.2) is 52.2 Å². The van der Waals surface area contributed by atoms with Gasteiger partial charge in [0, 0.05) is 18.7 Å². The molecule has 0 radical (unpaired) electrons. The lowest BCUT2D eigenvalue weighted by atomic mass is 9.98. The molecule has 2 aromatic rings. The average Bonchev–Trinajstić information content (AvgIpc) is 3.51. The number of alkyl halides is 1. The Labute approximate surface area is 223 Å². The van der Waals surface area contributed by atoms with Crippen LogP contribution in [-0.2, 0) is 32.8 Å². The van der Waals surface area contributed by atoms with Gasteiger partial charge in [-0.1, -0.05) is 25.1 Å². The van der Waals surface area contributed by atoms with Gasteiger partial charge in [0.25, 0.3) is 5.56 Å². The lowest BCUT2D eigenvalue weighted by Gasteiger charge is -2.29. The normalized spacial score (nSPS) is 27.6. The van der Waals surface area contributed by atoms with Crippen LogP contribution in [0.5, 0.6) is 5.75 Å². The van der Waals surface area contributed by atoms with Crippen LogP contribution >= 0.6 is 7.75 Å². The molecule has 2 N–H and O–H groups in total. The summed E-state index contributed by atoms with van der Waals surface area (Å²) in [7, 11) is -4.19. The summed E-state index contributed by atoms with van der Waals surface area (Å²) < 4.78 is 64.4. The first-order valence-electron chi connectivity index (χ1n) is 12.4. The lowest BCUT2D eigenvalue weighted by Crippen LogP contribution is -2.46. The number of halogens is 1. The summed E-state index contributed by atoms with van der Waals surface area (Å²) in [5.74, 6) is -0.499. The Morgan fingerprint density at radius 1 is 1.26 bits per heavy atom. The van der Waals surface area contributed by atoms with Gasteiger partial charge in [0.05, 0.1) is 25.9 Å². The van der Waals surface area contributed by atoms with Gasteiger partial charge in [-0.25, -0.2) is 18.8 Å². The summed E-state index contributed by atoms with van der Waals surface area (Å²) in [5, 5.41) is 2.76. The minimum atomic E-state index is -4.19. The van der Waals surface area contributed by atoms with E-state index in [1.54, 1.807) is 37.3 Å². The largest absolute Gasteiger partial charge is 0.459 e. The number of hydrogen-bond acceptors (Lipinski definition) is 10. The van der Waals surface area contributed by atoms with Gasteiger partial charge in [-0.2, -0.15) is 0 Å². The molecule has 6 atom stereocenters. The van der Waals surface area contributed by atoms with Gasteiger partial charge in [0.15, 0.2) is 24.3 Å². The molecule has 39 heavy (non-hydrogen) atoms. The van der Waals surface area contributed by atoms with Crippen molar-refractivity contribution in [2.45, 2.75) is 63.6 Å². The third-order valence-corrected chi connectivity index (χ3v) is 7.79. The summed E-state index contributed by atoms with van der Waals surface area (Å²) in [6.07, 6.45) is -4.18. The van der Waals surface area contributed by atoms with E-state index in [1.807, 2.05) is 4.98 Å². The van der Waals surface area contributed by atoms with Crippen molar-refractivity contribution in [2.75, 3.05) is 19.8 Å². The van der Waals surface area contributed by atoms with E-state index in [4.69, 9.17) is 28.0 Å². The molecule has 3 unspecified atom stereocenters. The second-order valence-electron chi connectivity index (χ2n) is 9.18. The lowest BCUT2D eigenvalue weighted by molar-refractivity contribution is -0.157. The van der Waals surface area contributed by atoms with Crippen molar-refractivity contribution in [3.63, 3.8) is 0 Å². The summed E-state index contributed by atoms with van der Waals surface area (Å²) in [6, 6.07) is 8.62. The van der Waals surface area contributed by atoms with E-state index in [1.165, 1.54) is 6.92 Å². The molecule has 13 nitrogen and oxygen atoms in total. The quantitative estimate of drug-likeness (QED) is 0.301. The predicted octanol–water partition coefficient (Wildman–Crippen LogP) is 2.04. The van der Waals surface area contributed by atoms with E-state index in [0.29, 0.717) is 13.2 Å². The highest BCUT2D eigenvalue weighted by atomic mass is 31.2. The van der Waals surface area contributed by atoms with Crippen molar-refractivity contribution in [3.05, 3.63) is 63.4 Å². The summed E-state index contributed by atoms with van der Waals surface area (Å²) in [6.45, 7) is 4.45. The zero-order valence-electron chi connectivity index (χ0n) is 21.6. The molecule has 0 spiro atoms. The Balaban J connectivity index is 1.59. The van der Waals surface area contributed by atoms with E-state index in [9.17, 15) is 18.9 Å². The first-order valence-corrected chi connectivity index (χ1v) is 13.9. The number of hydrogen-bond donors (Lipinski definition) is 2. The SMILES string of the molecule is CCC(=O)O[C@@H]1[C@@H](COP(=O)(NC(C)C2OCCO2)Oc2ccccc2)OC(n2ccc(=O)[nH]c2=O)[C@]1(C)F. The molecule has 15 heteroatoms. The van der Waals surface area contributed by atoms with Gasteiger partial charge in [-0.3, -0.25) is 23.7 Å². The van der Waals surface area contributed by atoms with Gasteiger partial charge in [-0.15, -0.1) is 0 Å². The maximum absolute atomic E-state index is 16.2. The Morgan fingerprint density at radius 3 is 2.59 bits per heavy atom. The number of nitrogens with one attached hydrogen (secondary N) is 2. The molecule has 2 aliphatic rings. The number of ether oxygens (including phenoxy) is 4. The minimum Gasteiger partial charge on any atom is -0.456 e. The highest BCUT2D eigenvalue weighted by molar-refractivity contribution is 7.52. The monoisotopic (exact) mass is 571 g/mol. The average molecular weight is 571 g/mol. The second-order valence-corrected chi connectivity index (χ2v) is 10.9.